The van der Waals surface area contributed by atoms with E-state index in [0.717, 1.165) is 34.0 Å². The lowest BCUT2D eigenvalue weighted by molar-refractivity contribution is -0.133. The Kier molecular flexibility index (Phi) is 13.2. The van der Waals surface area contributed by atoms with Crippen LogP contribution in [0.5, 0.6) is 5.75 Å². The number of aryl methyl sites for hydroxylation is 1. The third-order valence-electron chi connectivity index (χ3n) is 9.20. The van der Waals surface area contributed by atoms with Gasteiger partial charge in [-0.25, -0.2) is 4.68 Å². The summed E-state index contributed by atoms with van der Waals surface area (Å²) in [5, 5.41) is 46.9. The third kappa shape index (κ3) is 10.4. The van der Waals surface area contributed by atoms with Gasteiger partial charge in [-0.05, 0) is 56.6 Å². The van der Waals surface area contributed by atoms with Crippen LogP contribution in [-0.4, -0.2) is 91.3 Å². The number of aliphatic hydroxyl groups excluding tert-OH is 2. The number of methoxy groups -OCH3 is 1. The van der Waals surface area contributed by atoms with E-state index in [4.69, 9.17) is 4.74 Å². The van der Waals surface area contributed by atoms with Gasteiger partial charge in [0.15, 0.2) is 0 Å². The lowest BCUT2D eigenvalue weighted by Crippen LogP contribution is -2.62. The number of fused-ring (bicyclic) bond motifs is 1. The number of nitrogens with one attached hydrogen (secondary N) is 4. The molecule has 14 nitrogen and oxygen atoms in total. The van der Waals surface area contributed by atoms with Gasteiger partial charge in [-0.2, -0.15) is 0 Å². The van der Waals surface area contributed by atoms with Crippen molar-refractivity contribution in [2.75, 3.05) is 12.9 Å². The molecule has 4 aromatic rings. The largest absolute Gasteiger partial charge is 0.497 e. The first-order valence-corrected chi connectivity index (χ1v) is 18.4. The van der Waals surface area contributed by atoms with E-state index >= 15 is 0 Å². The van der Waals surface area contributed by atoms with Crippen molar-refractivity contribution in [1.29, 1.82) is 0 Å². The van der Waals surface area contributed by atoms with Crippen LogP contribution < -0.4 is 26.0 Å². The second-order valence-electron chi connectivity index (χ2n) is 14.2. The summed E-state index contributed by atoms with van der Waals surface area (Å²) in [5.41, 5.74) is 2.66. The summed E-state index contributed by atoms with van der Waals surface area (Å²) in [6, 6.07) is 20.3. The van der Waals surface area contributed by atoms with Gasteiger partial charge in [0.25, 0.3) is 0 Å². The van der Waals surface area contributed by atoms with Gasteiger partial charge in [-0.3, -0.25) is 19.7 Å². The zero-order valence-electron chi connectivity index (χ0n) is 30.5. The van der Waals surface area contributed by atoms with Gasteiger partial charge >= 0.3 is 0 Å². The molecule has 0 spiro atoms. The van der Waals surface area contributed by atoms with E-state index in [0.29, 0.717) is 17.3 Å². The first kappa shape index (κ1) is 39.4. The van der Waals surface area contributed by atoms with Crippen molar-refractivity contribution in [3.8, 4) is 5.75 Å². The molecule has 53 heavy (non-hydrogen) atoms. The molecule has 6 N–H and O–H groups in total. The molecule has 0 fully saturated rings. The maximum Gasteiger partial charge on any atom is 0.243 e. The molecule has 0 saturated heterocycles. The van der Waals surface area contributed by atoms with Crippen LogP contribution in [0.25, 0.3) is 0 Å². The number of carbonyl (C=O) groups excluding carboxylic acids is 3. The molecule has 0 saturated carbocycles. The molecule has 15 heteroatoms. The molecular weight excluding hydrogens is 697 g/mol. The Morgan fingerprint density at radius 3 is 2.32 bits per heavy atom. The van der Waals surface area contributed by atoms with Crippen molar-refractivity contribution in [1.82, 2.24) is 41.5 Å². The zero-order valence-corrected chi connectivity index (χ0v) is 31.3. The van der Waals surface area contributed by atoms with E-state index in [2.05, 4.69) is 36.8 Å². The molecule has 1 aromatic heterocycles. The molecule has 6 atom stereocenters. The number of tetrazole rings is 1. The number of rotatable bonds is 16. The molecule has 1 aliphatic rings. The molecule has 3 amide bonds. The fraction of sp³-hybridized carbons (Fsp3) is 0.421. The van der Waals surface area contributed by atoms with Crippen LogP contribution in [-0.2, 0) is 40.8 Å². The summed E-state index contributed by atoms with van der Waals surface area (Å²) in [6.45, 7) is 5.69. The molecule has 0 radical (unpaired) electrons. The fourth-order valence-electron chi connectivity index (χ4n) is 6.31. The number of hydrogen-bond donors (Lipinski definition) is 6. The average molecular weight is 745 g/mol. The molecular formula is C38H48N8O6S. The summed E-state index contributed by atoms with van der Waals surface area (Å²) in [7, 11) is 3.24. The lowest BCUT2D eigenvalue weighted by Gasteiger charge is -2.35. The average Bonchev–Trinajstić information content (AvgIpc) is 3.70. The van der Waals surface area contributed by atoms with Crippen molar-refractivity contribution < 1.29 is 29.3 Å². The number of carbonyl (C=O) groups is 3. The first-order chi connectivity index (χ1) is 25.3. The Morgan fingerprint density at radius 1 is 0.962 bits per heavy atom. The van der Waals surface area contributed by atoms with E-state index in [1.165, 1.54) is 4.68 Å². The van der Waals surface area contributed by atoms with Gasteiger partial charge in [0.2, 0.25) is 22.9 Å². The molecule has 5 rings (SSSR count). The second-order valence-corrected chi connectivity index (χ2v) is 15.1. The minimum atomic E-state index is -1.46. The Labute approximate surface area is 313 Å². The van der Waals surface area contributed by atoms with Gasteiger partial charge in [-0.1, -0.05) is 99.3 Å². The number of hydrogen-bond acceptors (Lipinski definition) is 11. The van der Waals surface area contributed by atoms with Gasteiger partial charge in [0.05, 0.1) is 37.2 Å². The van der Waals surface area contributed by atoms with Crippen molar-refractivity contribution in [3.63, 3.8) is 0 Å². The fourth-order valence-corrected chi connectivity index (χ4v) is 6.97. The van der Waals surface area contributed by atoms with Crippen molar-refractivity contribution in [2.45, 2.75) is 81.7 Å². The highest BCUT2D eigenvalue weighted by molar-refractivity contribution is 7.99. The van der Waals surface area contributed by atoms with Crippen LogP contribution in [0.2, 0.25) is 0 Å². The maximum absolute atomic E-state index is 14.2. The van der Waals surface area contributed by atoms with Crippen molar-refractivity contribution >= 4 is 29.5 Å². The molecule has 0 bridgehead atoms. The summed E-state index contributed by atoms with van der Waals surface area (Å²) in [5.74, 6) is -0.826. The predicted octanol–water partition coefficient (Wildman–Crippen LogP) is 1.86. The SMILES string of the molecule is COc1ccc(CN[C@@H](C(=O)N[C@H]2c3ccccc3C[C@H]2O)[C@@H](O)[C@H](Cc2ccccc2)NC(=O)[C@@H](NC(=O)CSc2nnnn2C)C(C)(C)C)cc1. The van der Waals surface area contributed by atoms with Crippen LogP contribution in [0, 0.1) is 5.41 Å². The van der Waals surface area contributed by atoms with Gasteiger partial charge in [0, 0.05) is 20.0 Å². The first-order valence-electron chi connectivity index (χ1n) is 17.4. The smallest absolute Gasteiger partial charge is 0.243 e. The monoisotopic (exact) mass is 744 g/mol. The van der Waals surface area contributed by atoms with Crippen LogP contribution in [0.3, 0.4) is 0 Å². The number of thioether (sulfide) groups is 1. The van der Waals surface area contributed by atoms with Crippen molar-refractivity contribution in [2.24, 2.45) is 12.5 Å². The summed E-state index contributed by atoms with van der Waals surface area (Å²) < 4.78 is 6.73. The number of aliphatic hydroxyl groups is 2. The van der Waals surface area contributed by atoms with E-state index < -0.39 is 59.5 Å². The Morgan fingerprint density at radius 2 is 1.66 bits per heavy atom. The number of nitrogens with zero attached hydrogens (tertiary/aromatic N) is 4. The topological polar surface area (TPSA) is 193 Å². The predicted molar refractivity (Wildman–Crippen MR) is 200 cm³/mol. The van der Waals surface area contributed by atoms with Gasteiger partial charge in [-0.15, -0.1) is 5.10 Å². The Hall–Kier alpha value is -4.83. The van der Waals surface area contributed by atoms with Crippen LogP contribution >= 0.6 is 11.8 Å². The highest BCUT2D eigenvalue weighted by atomic mass is 32.2. The third-order valence-corrected chi connectivity index (χ3v) is 10.2. The highest BCUT2D eigenvalue weighted by Gasteiger charge is 2.40. The van der Waals surface area contributed by atoms with Gasteiger partial charge < -0.3 is 30.9 Å². The highest BCUT2D eigenvalue weighted by Crippen LogP contribution is 2.31. The Balaban J connectivity index is 1.40. The molecule has 0 aliphatic heterocycles. The van der Waals surface area contributed by atoms with E-state index in [1.54, 1.807) is 26.3 Å². The second kappa shape index (κ2) is 17.8. The number of ether oxygens (including phenoxy) is 1. The zero-order chi connectivity index (χ0) is 38.1. The number of aromatic nitrogens is 4. The lowest BCUT2D eigenvalue weighted by atomic mass is 9.85. The molecule has 1 aliphatic carbocycles. The van der Waals surface area contributed by atoms with Crippen molar-refractivity contribution in [3.05, 3.63) is 101 Å². The van der Waals surface area contributed by atoms with Crippen LogP contribution in [0.1, 0.15) is 49.1 Å². The summed E-state index contributed by atoms with van der Waals surface area (Å²) >= 11 is 1.13. The van der Waals surface area contributed by atoms with E-state index in [1.807, 2.05) is 87.5 Å². The molecule has 3 aromatic carbocycles. The minimum absolute atomic E-state index is 0.0299. The molecule has 0 unspecified atom stereocenters. The number of benzene rings is 3. The number of amides is 3. The normalized spacial score (nSPS) is 17.6. The van der Waals surface area contributed by atoms with E-state index in [-0.39, 0.29) is 18.7 Å². The van der Waals surface area contributed by atoms with E-state index in [9.17, 15) is 24.6 Å². The maximum atomic E-state index is 14.2. The molecule has 1 heterocycles. The minimum Gasteiger partial charge on any atom is -0.497 e. The standard InChI is InChI=1S/C38H48N8O6S/c1-38(2,3)34(41-30(48)22-53-37-43-44-45-46(37)4)36(51)40-28(19-23-11-7-6-8-12-23)33(49)32(39-21-24-15-17-26(52-5)18-16-24)35(50)42-31-27-14-10-9-13-25(27)20-29(31)47/h6-18,28-29,31-34,39,47,49H,19-22H2,1-5H3,(H,40,51)(H,41,48)(H,42,50)/t28-,29+,31-,32+,33-,34+/m0/s1. The molecule has 282 valence electrons. The van der Waals surface area contributed by atoms with Gasteiger partial charge in [0.1, 0.15) is 17.8 Å². The van der Waals surface area contributed by atoms with Crippen LogP contribution in [0.15, 0.2) is 84.0 Å². The Bertz CT molecular complexity index is 1830. The summed E-state index contributed by atoms with van der Waals surface area (Å²) in [6.07, 6.45) is -1.75. The quantitative estimate of drug-likeness (QED) is 0.0919. The van der Waals surface area contributed by atoms with Crippen LogP contribution in [0.4, 0.5) is 0 Å². The summed E-state index contributed by atoms with van der Waals surface area (Å²) in [4.78, 5) is 41.5.